The van der Waals surface area contributed by atoms with Gasteiger partial charge < -0.3 is 4.90 Å². The summed E-state index contributed by atoms with van der Waals surface area (Å²) >= 11 is 1.88. The van der Waals surface area contributed by atoms with E-state index in [9.17, 15) is 0 Å². The van der Waals surface area contributed by atoms with Crippen LogP contribution in [0.3, 0.4) is 0 Å². The van der Waals surface area contributed by atoms with Crippen molar-refractivity contribution in [2.45, 2.75) is 0 Å². The third-order valence-corrected chi connectivity index (χ3v) is 12.5. The molecule has 0 atom stereocenters. The maximum atomic E-state index is 2.39. The second kappa shape index (κ2) is 13.4. The second-order valence-corrected chi connectivity index (χ2v) is 15.5. The van der Waals surface area contributed by atoms with Gasteiger partial charge in [-0.2, -0.15) is 0 Å². The first-order valence-corrected chi connectivity index (χ1v) is 20.0. The molecule has 0 amide bonds. The smallest absolute Gasteiger partial charge is 0.0467 e. The minimum absolute atomic E-state index is 1.11. The monoisotopic (exact) mass is 729 g/mol. The fourth-order valence-electron chi connectivity index (χ4n) is 8.57. The van der Waals surface area contributed by atoms with E-state index in [1.54, 1.807) is 0 Å². The minimum atomic E-state index is 1.11. The second-order valence-electron chi connectivity index (χ2n) is 14.5. The van der Waals surface area contributed by atoms with Crippen LogP contribution in [0.4, 0.5) is 17.1 Å². The first kappa shape index (κ1) is 32.4. The highest BCUT2D eigenvalue weighted by Gasteiger charge is 2.17. The van der Waals surface area contributed by atoms with Crippen molar-refractivity contribution in [2.24, 2.45) is 0 Å². The lowest BCUT2D eigenvalue weighted by Gasteiger charge is -2.26. The van der Waals surface area contributed by atoms with Crippen molar-refractivity contribution in [3.8, 4) is 33.4 Å². The Labute approximate surface area is 330 Å². The number of thiophene rings is 1. The van der Waals surface area contributed by atoms with E-state index in [0.717, 1.165) is 17.1 Å². The lowest BCUT2D eigenvalue weighted by Crippen LogP contribution is -2.10. The van der Waals surface area contributed by atoms with Crippen LogP contribution in [0, 0.1) is 0 Å². The van der Waals surface area contributed by atoms with Crippen LogP contribution >= 0.6 is 11.3 Å². The molecule has 10 aromatic carbocycles. The van der Waals surface area contributed by atoms with E-state index >= 15 is 0 Å². The third kappa shape index (κ3) is 5.46. The molecule has 11 rings (SSSR count). The summed E-state index contributed by atoms with van der Waals surface area (Å²) < 4.78 is 2.64. The average Bonchev–Trinajstić information content (AvgIpc) is 3.66. The molecule has 1 nitrogen and oxygen atoms in total. The molecule has 0 unspecified atom stereocenters. The standard InChI is InChI=1S/C54H35NS/c1-2-11-36(12-3-1)37-27-31-43(32-28-37)55(45-16-8-15-42(35-45)48-20-10-21-50-49-18-6-7-22-51(49)56-54(48)50)44-33-29-39(30-34-44)47-19-9-14-40-25-26-41-24-23-38-13-4-5-17-46(38)53(41)52(40)47/h1-35H. The Bertz CT molecular complexity index is 3230. The van der Waals surface area contributed by atoms with Crippen molar-refractivity contribution in [3.05, 3.63) is 212 Å². The average molecular weight is 730 g/mol. The molecule has 0 N–H and O–H groups in total. The Morgan fingerprint density at radius 2 is 0.857 bits per heavy atom. The van der Waals surface area contributed by atoms with Gasteiger partial charge in [0.25, 0.3) is 0 Å². The molecule has 0 bridgehead atoms. The fraction of sp³-hybridized carbons (Fsp3) is 0. The molecule has 2 heteroatoms. The Morgan fingerprint density at radius 3 is 1.66 bits per heavy atom. The normalized spacial score (nSPS) is 11.6. The van der Waals surface area contributed by atoms with Crippen molar-refractivity contribution >= 4 is 80.9 Å². The molecular weight excluding hydrogens is 695 g/mol. The van der Waals surface area contributed by atoms with Gasteiger partial charge in [0, 0.05) is 37.2 Å². The zero-order chi connectivity index (χ0) is 37.0. The Morgan fingerprint density at radius 1 is 0.304 bits per heavy atom. The number of rotatable bonds is 6. The van der Waals surface area contributed by atoms with Gasteiger partial charge in [0.05, 0.1) is 0 Å². The van der Waals surface area contributed by atoms with Gasteiger partial charge in [-0.3, -0.25) is 0 Å². The molecule has 0 spiro atoms. The molecule has 0 aliphatic rings. The molecule has 56 heavy (non-hydrogen) atoms. The van der Waals surface area contributed by atoms with Crippen molar-refractivity contribution in [2.75, 3.05) is 4.90 Å². The van der Waals surface area contributed by atoms with Crippen LogP contribution in [0.2, 0.25) is 0 Å². The van der Waals surface area contributed by atoms with Crippen LogP contribution in [0.15, 0.2) is 212 Å². The van der Waals surface area contributed by atoms with Crippen molar-refractivity contribution in [1.29, 1.82) is 0 Å². The third-order valence-electron chi connectivity index (χ3n) is 11.2. The van der Waals surface area contributed by atoms with E-state index < -0.39 is 0 Å². The predicted molar refractivity (Wildman–Crippen MR) is 243 cm³/mol. The molecule has 1 heterocycles. The Kier molecular flexibility index (Phi) is 7.75. The van der Waals surface area contributed by atoms with Gasteiger partial charge in [-0.25, -0.2) is 0 Å². The van der Waals surface area contributed by atoms with Crippen LogP contribution in [-0.2, 0) is 0 Å². The first-order valence-electron chi connectivity index (χ1n) is 19.2. The van der Waals surface area contributed by atoms with Gasteiger partial charge in [0.1, 0.15) is 0 Å². The summed E-state index contributed by atoms with van der Waals surface area (Å²) in [7, 11) is 0. The van der Waals surface area contributed by atoms with Gasteiger partial charge in [-0.15, -0.1) is 11.3 Å². The summed E-state index contributed by atoms with van der Waals surface area (Å²) in [6, 6.07) is 77.6. The van der Waals surface area contributed by atoms with Gasteiger partial charge in [-0.05, 0) is 108 Å². The maximum absolute atomic E-state index is 2.39. The molecule has 0 radical (unpaired) electrons. The van der Waals surface area contributed by atoms with E-state index in [1.165, 1.54) is 85.9 Å². The highest BCUT2D eigenvalue weighted by molar-refractivity contribution is 7.26. The molecule has 0 saturated carbocycles. The van der Waals surface area contributed by atoms with E-state index in [0.29, 0.717) is 0 Å². The van der Waals surface area contributed by atoms with Crippen molar-refractivity contribution in [1.82, 2.24) is 0 Å². The molecule has 0 saturated heterocycles. The lowest BCUT2D eigenvalue weighted by molar-refractivity contribution is 1.28. The first-order chi connectivity index (χ1) is 27.8. The van der Waals surface area contributed by atoms with Gasteiger partial charge in [0.15, 0.2) is 0 Å². The number of hydrogen-bond acceptors (Lipinski definition) is 2. The van der Waals surface area contributed by atoms with Crippen LogP contribution in [0.5, 0.6) is 0 Å². The van der Waals surface area contributed by atoms with E-state index in [4.69, 9.17) is 0 Å². The molecule has 1 aromatic heterocycles. The van der Waals surface area contributed by atoms with Crippen molar-refractivity contribution in [3.63, 3.8) is 0 Å². The number of anilines is 3. The molecule has 0 aliphatic heterocycles. The van der Waals surface area contributed by atoms with Gasteiger partial charge in [0.2, 0.25) is 0 Å². The number of benzene rings is 10. The SMILES string of the molecule is c1ccc(-c2ccc(N(c3ccc(-c4cccc5ccc6ccc7ccccc7c6c45)cc3)c3cccc(-c4cccc5c4sc4ccccc45)c3)cc2)cc1. The quantitative estimate of drug-likeness (QED) is 0.154. The van der Waals surface area contributed by atoms with Gasteiger partial charge >= 0.3 is 0 Å². The van der Waals surface area contributed by atoms with E-state index in [1.807, 2.05) is 11.3 Å². The summed E-state index contributed by atoms with van der Waals surface area (Å²) in [4.78, 5) is 2.39. The zero-order valence-corrected chi connectivity index (χ0v) is 31.4. The van der Waals surface area contributed by atoms with E-state index in [-0.39, 0.29) is 0 Å². The number of fused-ring (bicyclic) bond motifs is 8. The lowest BCUT2D eigenvalue weighted by atomic mass is 9.91. The summed E-state index contributed by atoms with van der Waals surface area (Å²) in [5.74, 6) is 0. The number of nitrogens with zero attached hydrogens (tertiary/aromatic N) is 1. The maximum Gasteiger partial charge on any atom is 0.0467 e. The van der Waals surface area contributed by atoms with Crippen LogP contribution < -0.4 is 4.90 Å². The molecular formula is C54H35NS. The zero-order valence-electron chi connectivity index (χ0n) is 30.6. The highest BCUT2D eigenvalue weighted by Crippen LogP contribution is 2.44. The Balaban J connectivity index is 1.06. The Hall–Kier alpha value is -7.00. The predicted octanol–water partition coefficient (Wildman–Crippen LogP) is 16.0. The molecule has 0 fully saturated rings. The fourth-order valence-corrected chi connectivity index (χ4v) is 9.81. The number of hydrogen-bond donors (Lipinski definition) is 0. The van der Waals surface area contributed by atoms with Crippen molar-refractivity contribution < 1.29 is 0 Å². The molecule has 0 aliphatic carbocycles. The summed E-state index contributed by atoms with van der Waals surface area (Å²) in [6.45, 7) is 0. The van der Waals surface area contributed by atoms with Crippen LogP contribution in [0.1, 0.15) is 0 Å². The molecule has 11 aromatic rings. The summed E-state index contributed by atoms with van der Waals surface area (Å²) in [6.07, 6.45) is 0. The largest absolute Gasteiger partial charge is 0.310 e. The summed E-state index contributed by atoms with van der Waals surface area (Å²) in [5.41, 5.74) is 10.6. The van der Waals surface area contributed by atoms with Crippen LogP contribution in [0.25, 0.3) is 85.9 Å². The molecule has 262 valence electrons. The topological polar surface area (TPSA) is 3.24 Å². The van der Waals surface area contributed by atoms with Crippen LogP contribution in [-0.4, -0.2) is 0 Å². The van der Waals surface area contributed by atoms with E-state index in [2.05, 4.69) is 217 Å². The minimum Gasteiger partial charge on any atom is -0.310 e. The summed E-state index contributed by atoms with van der Waals surface area (Å²) in [5, 5.41) is 10.3. The highest BCUT2D eigenvalue weighted by atomic mass is 32.1. The van der Waals surface area contributed by atoms with Gasteiger partial charge in [-0.1, -0.05) is 170 Å².